The van der Waals surface area contributed by atoms with Crippen molar-refractivity contribution in [3.05, 3.63) is 24.3 Å². The van der Waals surface area contributed by atoms with Crippen LogP contribution in [0.5, 0.6) is 0 Å². The quantitative estimate of drug-likeness (QED) is 0.580. The molecule has 2 atom stereocenters. The van der Waals surface area contributed by atoms with E-state index in [1.165, 1.54) is 19.3 Å². The highest BCUT2D eigenvalue weighted by molar-refractivity contribution is 5.28. The summed E-state index contributed by atoms with van der Waals surface area (Å²) in [6, 6.07) is 0. The fraction of sp³-hybridized carbons (Fsp3) is 0.636. The van der Waals surface area contributed by atoms with Crippen LogP contribution in [-0.4, -0.2) is 13.7 Å². The van der Waals surface area contributed by atoms with Crippen molar-refractivity contribution in [3.8, 4) is 0 Å². The molecule has 1 fully saturated rings. The molecule has 0 saturated heterocycles. The number of methoxy groups -OCH3 is 1. The molecule has 2 rings (SSSR count). The van der Waals surface area contributed by atoms with Crippen molar-refractivity contribution in [3.63, 3.8) is 0 Å². The molecule has 1 heteroatoms. The van der Waals surface area contributed by atoms with E-state index in [1.54, 1.807) is 7.11 Å². The molecule has 12 heavy (non-hydrogen) atoms. The molecule has 66 valence electrons. The molecule has 0 N–H and O–H groups in total. The third-order valence-electron chi connectivity index (χ3n) is 3.05. The highest BCUT2D eigenvalue weighted by Gasteiger charge is 2.50. The Labute approximate surface area is 74.1 Å². The van der Waals surface area contributed by atoms with E-state index in [9.17, 15) is 0 Å². The van der Waals surface area contributed by atoms with Crippen LogP contribution < -0.4 is 0 Å². The zero-order chi connectivity index (χ0) is 8.44. The molecule has 0 amide bonds. The number of rotatable bonds is 4. The molecule has 0 aromatic heterocycles. The van der Waals surface area contributed by atoms with Gasteiger partial charge in [-0.15, -0.1) is 0 Å². The third kappa shape index (κ3) is 1.34. The number of hydrogen-bond acceptors (Lipinski definition) is 1. The third-order valence-corrected chi connectivity index (χ3v) is 3.05. The molecular weight excluding hydrogens is 148 g/mol. The molecule has 0 bridgehead atoms. The van der Waals surface area contributed by atoms with Crippen molar-refractivity contribution in [1.82, 2.24) is 0 Å². The SMILES string of the molecule is COCCCC12C=CC=CC1C2. The minimum atomic E-state index is 0.549. The first-order valence-corrected chi connectivity index (χ1v) is 4.72. The van der Waals surface area contributed by atoms with Crippen molar-refractivity contribution >= 4 is 0 Å². The van der Waals surface area contributed by atoms with Crippen LogP contribution in [0.3, 0.4) is 0 Å². The second kappa shape index (κ2) is 3.06. The lowest BCUT2D eigenvalue weighted by Gasteiger charge is -2.12. The van der Waals surface area contributed by atoms with E-state index in [1.807, 2.05) is 0 Å². The van der Waals surface area contributed by atoms with E-state index in [2.05, 4.69) is 24.3 Å². The molecule has 0 heterocycles. The predicted molar refractivity (Wildman–Crippen MR) is 49.9 cm³/mol. The molecule has 1 saturated carbocycles. The van der Waals surface area contributed by atoms with Gasteiger partial charge in [-0.1, -0.05) is 24.3 Å². The van der Waals surface area contributed by atoms with Crippen molar-refractivity contribution in [2.75, 3.05) is 13.7 Å². The van der Waals surface area contributed by atoms with Crippen LogP contribution >= 0.6 is 0 Å². The Morgan fingerprint density at radius 2 is 2.42 bits per heavy atom. The highest BCUT2D eigenvalue weighted by Crippen LogP contribution is 2.59. The van der Waals surface area contributed by atoms with Gasteiger partial charge >= 0.3 is 0 Å². The summed E-state index contributed by atoms with van der Waals surface area (Å²) in [5.74, 6) is 0.847. The minimum absolute atomic E-state index is 0.549. The second-order valence-electron chi connectivity index (χ2n) is 3.88. The summed E-state index contributed by atoms with van der Waals surface area (Å²) in [5, 5.41) is 0. The summed E-state index contributed by atoms with van der Waals surface area (Å²) in [4.78, 5) is 0. The van der Waals surface area contributed by atoms with Gasteiger partial charge in [-0.2, -0.15) is 0 Å². The molecule has 2 aliphatic carbocycles. The number of hydrogen-bond donors (Lipinski definition) is 0. The Kier molecular flexibility index (Phi) is 2.05. The van der Waals surface area contributed by atoms with Gasteiger partial charge in [-0.05, 0) is 30.6 Å². The Balaban J connectivity index is 1.82. The first-order valence-electron chi connectivity index (χ1n) is 4.72. The molecule has 0 aromatic carbocycles. The maximum Gasteiger partial charge on any atom is 0.0462 e. The van der Waals surface area contributed by atoms with Crippen LogP contribution in [0.25, 0.3) is 0 Å². The molecule has 0 aromatic rings. The lowest BCUT2D eigenvalue weighted by molar-refractivity contribution is 0.187. The van der Waals surface area contributed by atoms with E-state index in [-0.39, 0.29) is 0 Å². The van der Waals surface area contributed by atoms with Crippen LogP contribution in [0.15, 0.2) is 24.3 Å². The van der Waals surface area contributed by atoms with E-state index in [0.717, 1.165) is 12.5 Å². The smallest absolute Gasteiger partial charge is 0.0462 e. The standard InChI is InChI=1S/C11H16O/c1-12-8-4-7-11-6-3-2-5-10(11)9-11/h2-3,5-6,10H,4,7-9H2,1H3. The summed E-state index contributed by atoms with van der Waals surface area (Å²) in [6.07, 6.45) is 12.9. The lowest BCUT2D eigenvalue weighted by atomic mass is 9.94. The van der Waals surface area contributed by atoms with Gasteiger partial charge in [-0.25, -0.2) is 0 Å². The zero-order valence-electron chi connectivity index (χ0n) is 7.62. The summed E-state index contributed by atoms with van der Waals surface area (Å²) < 4.78 is 5.05. The molecule has 0 radical (unpaired) electrons. The van der Waals surface area contributed by atoms with Gasteiger partial charge in [0.15, 0.2) is 0 Å². The van der Waals surface area contributed by atoms with Gasteiger partial charge in [0.25, 0.3) is 0 Å². The van der Waals surface area contributed by atoms with Gasteiger partial charge in [0.1, 0.15) is 0 Å². The largest absolute Gasteiger partial charge is 0.385 e. The predicted octanol–water partition coefficient (Wildman–Crippen LogP) is 2.55. The maximum absolute atomic E-state index is 5.05. The fourth-order valence-electron chi connectivity index (χ4n) is 2.16. The molecule has 0 spiro atoms. The molecule has 0 aliphatic heterocycles. The maximum atomic E-state index is 5.05. The molecular formula is C11H16O. The van der Waals surface area contributed by atoms with Crippen LogP contribution in [0.1, 0.15) is 19.3 Å². The monoisotopic (exact) mass is 164 g/mol. The number of fused-ring (bicyclic) bond motifs is 1. The van der Waals surface area contributed by atoms with E-state index in [0.29, 0.717) is 5.41 Å². The average molecular weight is 164 g/mol. The van der Waals surface area contributed by atoms with E-state index in [4.69, 9.17) is 4.74 Å². The van der Waals surface area contributed by atoms with Gasteiger partial charge in [0, 0.05) is 13.7 Å². The van der Waals surface area contributed by atoms with Crippen molar-refractivity contribution in [2.24, 2.45) is 11.3 Å². The normalized spacial score (nSPS) is 36.6. The molecule has 2 aliphatic rings. The Hall–Kier alpha value is -0.560. The van der Waals surface area contributed by atoms with E-state index >= 15 is 0 Å². The molecule has 2 unspecified atom stereocenters. The van der Waals surface area contributed by atoms with Crippen molar-refractivity contribution < 1.29 is 4.74 Å². The fourth-order valence-corrected chi connectivity index (χ4v) is 2.16. The van der Waals surface area contributed by atoms with Crippen LogP contribution in [0.4, 0.5) is 0 Å². The van der Waals surface area contributed by atoms with Gasteiger partial charge in [0.2, 0.25) is 0 Å². The van der Waals surface area contributed by atoms with Crippen molar-refractivity contribution in [2.45, 2.75) is 19.3 Å². The average Bonchev–Trinajstić information content (AvgIpc) is 2.79. The summed E-state index contributed by atoms with van der Waals surface area (Å²) in [7, 11) is 1.78. The lowest BCUT2D eigenvalue weighted by Crippen LogP contribution is -2.03. The summed E-state index contributed by atoms with van der Waals surface area (Å²) >= 11 is 0. The number of allylic oxidation sites excluding steroid dienone is 4. The first-order chi connectivity index (χ1) is 5.87. The first kappa shape index (κ1) is 8.06. The Morgan fingerprint density at radius 1 is 1.50 bits per heavy atom. The Morgan fingerprint density at radius 3 is 3.17 bits per heavy atom. The summed E-state index contributed by atoms with van der Waals surface area (Å²) in [5.41, 5.74) is 0.549. The van der Waals surface area contributed by atoms with E-state index < -0.39 is 0 Å². The zero-order valence-corrected chi connectivity index (χ0v) is 7.62. The highest BCUT2D eigenvalue weighted by atomic mass is 16.5. The van der Waals surface area contributed by atoms with Gasteiger partial charge in [0.05, 0.1) is 0 Å². The van der Waals surface area contributed by atoms with Crippen LogP contribution in [0, 0.1) is 11.3 Å². The minimum Gasteiger partial charge on any atom is -0.385 e. The summed E-state index contributed by atoms with van der Waals surface area (Å²) in [6.45, 7) is 0.909. The van der Waals surface area contributed by atoms with Gasteiger partial charge < -0.3 is 4.74 Å². The topological polar surface area (TPSA) is 9.23 Å². The Bertz CT molecular complexity index is 217. The van der Waals surface area contributed by atoms with Crippen LogP contribution in [-0.2, 0) is 4.74 Å². The van der Waals surface area contributed by atoms with Gasteiger partial charge in [-0.3, -0.25) is 0 Å². The molecule has 1 nitrogen and oxygen atoms in total. The van der Waals surface area contributed by atoms with Crippen LogP contribution in [0.2, 0.25) is 0 Å². The number of ether oxygens (including phenoxy) is 1. The second-order valence-corrected chi connectivity index (χ2v) is 3.88. The van der Waals surface area contributed by atoms with Crippen molar-refractivity contribution in [1.29, 1.82) is 0 Å².